The first kappa shape index (κ1) is 16.1. The van der Waals surface area contributed by atoms with Crippen molar-refractivity contribution < 1.29 is 14.7 Å². The second kappa shape index (κ2) is 8.25. The molecule has 0 aromatic carbocycles. The molecule has 2 rings (SSSR count). The van der Waals surface area contributed by atoms with Crippen molar-refractivity contribution >= 4 is 12.0 Å². The van der Waals surface area contributed by atoms with Crippen LogP contribution in [-0.2, 0) is 4.79 Å². The van der Waals surface area contributed by atoms with Crippen LogP contribution in [0.3, 0.4) is 0 Å². The fraction of sp³-hybridized carbons (Fsp3) is 0.875. The summed E-state index contributed by atoms with van der Waals surface area (Å²) in [5.41, 5.74) is 0. The Kier molecular flexibility index (Phi) is 6.33. The van der Waals surface area contributed by atoms with E-state index in [0.29, 0.717) is 6.54 Å². The summed E-state index contributed by atoms with van der Waals surface area (Å²) in [6.45, 7) is 0.482. The Hall–Kier alpha value is -1.26. The van der Waals surface area contributed by atoms with E-state index in [4.69, 9.17) is 5.11 Å². The number of carbonyl (C=O) groups is 2. The van der Waals surface area contributed by atoms with E-state index >= 15 is 0 Å². The fourth-order valence-corrected chi connectivity index (χ4v) is 3.67. The quantitative estimate of drug-likeness (QED) is 0.746. The van der Waals surface area contributed by atoms with E-state index in [-0.39, 0.29) is 23.9 Å². The number of carbonyl (C=O) groups excluding carboxylic acids is 1. The highest BCUT2D eigenvalue weighted by atomic mass is 16.4. The Morgan fingerprint density at radius 1 is 0.905 bits per heavy atom. The Morgan fingerprint density at radius 2 is 1.57 bits per heavy atom. The maximum Gasteiger partial charge on any atom is 0.315 e. The molecule has 5 heteroatoms. The maximum absolute atomic E-state index is 12.0. The number of urea groups is 1. The minimum absolute atomic E-state index is 0.0885. The van der Waals surface area contributed by atoms with Crippen molar-refractivity contribution in [3.05, 3.63) is 0 Å². The van der Waals surface area contributed by atoms with Crippen molar-refractivity contribution in [2.45, 2.75) is 70.3 Å². The van der Waals surface area contributed by atoms with Gasteiger partial charge in [-0.05, 0) is 31.6 Å². The lowest BCUT2D eigenvalue weighted by Crippen LogP contribution is -2.44. The van der Waals surface area contributed by atoms with Gasteiger partial charge < -0.3 is 15.7 Å². The number of carboxylic acid groups (broad SMARTS) is 1. The molecule has 0 aromatic heterocycles. The molecular formula is C16H28N2O3. The largest absolute Gasteiger partial charge is 0.481 e. The third-order valence-corrected chi connectivity index (χ3v) is 4.94. The van der Waals surface area contributed by atoms with E-state index in [0.717, 1.165) is 32.1 Å². The number of carboxylic acids is 1. The lowest BCUT2D eigenvalue weighted by molar-refractivity contribution is -0.142. The number of nitrogens with one attached hydrogen (secondary N) is 2. The molecule has 0 saturated heterocycles. The Morgan fingerprint density at radius 3 is 2.24 bits per heavy atom. The van der Waals surface area contributed by atoms with Gasteiger partial charge >= 0.3 is 12.0 Å². The summed E-state index contributed by atoms with van der Waals surface area (Å²) in [6, 6.07) is 0.153. The van der Waals surface area contributed by atoms with Crippen LogP contribution < -0.4 is 10.6 Å². The molecular weight excluding hydrogens is 268 g/mol. The molecule has 2 aliphatic carbocycles. The lowest BCUT2D eigenvalue weighted by atomic mass is 9.96. The van der Waals surface area contributed by atoms with Crippen LogP contribution in [0.4, 0.5) is 4.79 Å². The van der Waals surface area contributed by atoms with Crippen LogP contribution in [-0.4, -0.2) is 29.7 Å². The van der Waals surface area contributed by atoms with Gasteiger partial charge in [0, 0.05) is 12.6 Å². The molecule has 2 unspecified atom stereocenters. The normalized spacial score (nSPS) is 27.6. The standard InChI is InChI=1S/C16H28N2O3/c19-15(20)14-10-6-7-12(14)11-17-16(21)18-13-8-4-2-1-3-5-9-13/h12-14H,1-11H2,(H,19,20)(H2,17,18,21). The number of amides is 2. The molecule has 0 radical (unpaired) electrons. The zero-order valence-corrected chi connectivity index (χ0v) is 12.8. The van der Waals surface area contributed by atoms with Crippen LogP contribution in [0.25, 0.3) is 0 Å². The van der Waals surface area contributed by atoms with Gasteiger partial charge in [-0.15, -0.1) is 0 Å². The van der Waals surface area contributed by atoms with Gasteiger partial charge in [-0.25, -0.2) is 4.79 Å². The van der Waals surface area contributed by atoms with E-state index in [1.54, 1.807) is 0 Å². The van der Waals surface area contributed by atoms with Gasteiger partial charge in [0.1, 0.15) is 0 Å². The molecule has 2 aliphatic rings. The van der Waals surface area contributed by atoms with Crippen molar-refractivity contribution in [3.8, 4) is 0 Å². The van der Waals surface area contributed by atoms with Crippen LogP contribution in [0.15, 0.2) is 0 Å². The predicted octanol–water partition coefficient (Wildman–Crippen LogP) is 2.90. The molecule has 0 aromatic rings. The lowest BCUT2D eigenvalue weighted by Gasteiger charge is -2.22. The number of hydrogen-bond acceptors (Lipinski definition) is 2. The average molecular weight is 296 g/mol. The summed E-state index contributed by atoms with van der Waals surface area (Å²) in [7, 11) is 0. The summed E-state index contributed by atoms with van der Waals surface area (Å²) in [4.78, 5) is 23.1. The Labute approximate surface area is 126 Å². The van der Waals surface area contributed by atoms with Crippen molar-refractivity contribution in [2.75, 3.05) is 6.54 Å². The first-order valence-corrected chi connectivity index (χ1v) is 8.44. The second-order valence-corrected chi connectivity index (χ2v) is 6.53. The SMILES string of the molecule is O=C(NCC1CCCC1C(=O)O)NC1CCCCCCC1. The molecule has 0 aliphatic heterocycles. The van der Waals surface area contributed by atoms with Crippen LogP contribution in [0.5, 0.6) is 0 Å². The molecule has 21 heavy (non-hydrogen) atoms. The van der Waals surface area contributed by atoms with Crippen LogP contribution >= 0.6 is 0 Å². The molecule has 0 bridgehead atoms. The molecule has 3 N–H and O–H groups in total. The summed E-state index contributed by atoms with van der Waals surface area (Å²) in [5.74, 6) is -0.919. The Bertz CT molecular complexity index is 351. The topological polar surface area (TPSA) is 78.4 Å². The maximum atomic E-state index is 12.0. The zero-order chi connectivity index (χ0) is 15.1. The van der Waals surface area contributed by atoms with Crippen LogP contribution in [0.1, 0.15) is 64.2 Å². The highest BCUT2D eigenvalue weighted by Gasteiger charge is 2.32. The van der Waals surface area contributed by atoms with Crippen molar-refractivity contribution in [2.24, 2.45) is 11.8 Å². The monoisotopic (exact) mass is 296 g/mol. The van der Waals surface area contributed by atoms with Crippen molar-refractivity contribution in [1.29, 1.82) is 0 Å². The number of hydrogen-bond donors (Lipinski definition) is 3. The molecule has 2 fully saturated rings. The van der Waals surface area contributed by atoms with Crippen molar-refractivity contribution in [1.82, 2.24) is 10.6 Å². The zero-order valence-electron chi connectivity index (χ0n) is 12.8. The van der Waals surface area contributed by atoms with E-state index in [2.05, 4.69) is 10.6 Å². The van der Waals surface area contributed by atoms with Crippen LogP contribution in [0.2, 0.25) is 0 Å². The second-order valence-electron chi connectivity index (χ2n) is 6.53. The molecule has 0 spiro atoms. The fourth-order valence-electron chi connectivity index (χ4n) is 3.67. The van der Waals surface area contributed by atoms with E-state index in [9.17, 15) is 9.59 Å². The van der Waals surface area contributed by atoms with E-state index in [1.807, 2.05) is 0 Å². The molecule has 2 saturated carbocycles. The smallest absolute Gasteiger partial charge is 0.315 e. The number of aliphatic carboxylic acids is 1. The van der Waals surface area contributed by atoms with Gasteiger partial charge in [0.25, 0.3) is 0 Å². The highest BCUT2D eigenvalue weighted by Crippen LogP contribution is 2.31. The predicted molar refractivity (Wildman–Crippen MR) is 81.1 cm³/mol. The first-order valence-electron chi connectivity index (χ1n) is 8.44. The van der Waals surface area contributed by atoms with Gasteiger partial charge in [0.2, 0.25) is 0 Å². The van der Waals surface area contributed by atoms with Crippen molar-refractivity contribution in [3.63, 3.8) is 0 Å². The summed E-state index contributed by atoms with van der Waals surface area (Å²) in [6.07, 6.45) is 11.0. The third-order valence-electron chi connectivity index (χ3n) is 4.94. The van der Waals surface area contributed by atoms with Crippen LogP contribution in [0, 0.1) is 11.8 Å². The number of rotatable bonds is 4. The summed E-state index contributed by atoms with van der Waals surface area (Å²) in [5, 5.41) is 15.1. The molecule has 2 amide bonds. The molecule has 120 valence electrons. The molecule has 2 atom stereocenters. The summed E-state index contributed by atoms with van der Waals surface area (Å²) >= 11 is 0. The highest BCUT2D eigenvalue weighted by molar-refractivity contribution is 5.74. The van der Waals surface area contributed by atoms with E-state index in [1.165, 1.54) is 32.1 Å². The van der Waals surface area contributed by atoms with Gasteiger partial charge in [0.15, 0.2) is 0 Å². The molecule has 0 heterocycles. The van der Waals surface area contributed by atoms with Gasteiger partial charge in [-0.2, -0.15) is 0 Å². The first-order chi connectivity index (χ1) is 10.2. The molecule has 5 nitrogen and oxygen atoms in total. The Balaban J connectivity index is 1.70. The average Bonchev–Trinajstić information content (AvgIpc) is 2.88. The van der Waals surface area contributed by atoms with Gasteiger partial charge in [-0.3, -0.25) is 4.79 Å². The van der Waals surface area contributed by atoms with E-state index < -0.39 is 5.97 Å². The minimum atomic E-state index is -0.722. The van der Waals surface area contributed by atoms with Gasteiger partial charge in [-0.1, -0.05) is 38.5 Å². The summed E-state index contributed by atoms with van der Waals surface area (Å²) < 4.78 is 0. The minimum Gasteiger partial charge on any atom is -0.481 e. The van der Waals surface area contributed by atoms with Gasteiger partial charge in [0.05, 0.1) is 5.92 Å². The third kappa shape index (κ3) is 5.21.